The fourth-order valence-electron chi connectivity index (χ4n) is 0.968. The first-order valence-electron chi connectivity index (χ1n) is 4.36. The van der Waals surface area contributed by atoms with Crippen molar-refractivity contribution in [3.63, 3.8) is 0 Å². The lowest BCUT2D eigenvalue weighted by Crippen LogP contribution is -2.47. The highest BCUT2D eigenvalue weighted by Crippen LogP contribution is 2.37. The average molecular weight is 289 g/mol. The molecule has 0 bridgehead atoms. The second-order valence-corrected chi connectivity index (χ2v) is 3.67. The van der Waals surface area contributed by atoms with Gasteiger partial charge in [-0.3, -0.25) is 4.79 Å². The van der Waals surface area contributed by atoms with Crippen molar-refractivity contribution in [2.75, 3.05) is 11.1 Å². The largest absolute Gasteiger partial charge is 0.463 e. The Morgan fingerprint density at radius 2 is 1.78 bits per heavy atom. The Bertz CT molecular complexity index is 475. The second-order valence-electron chi connectivity index (χ2n) is 3.27. The predicted octanol–water partition coefficient (Wildman–Crippen LogP) is 3.06. The fourth-order valence-corrected chi connectivity index (χ4v) is 1.13. The number of benzene rings is 1. The van der Waals surface area contributed by atoms with Crippen molar-refractivity contribution >= 4 is 28.9 Å². The molecule has 0 saturated carbocycles. The molecule has 0 spiro atoms. The number of nitrogens with one attached hydrogen (secondary N) is 1. The smallest absolute Gasteiger partial charge is 0.399 e. The lowest BCUT2D eigenvalue weighted by Gasteiger charge is -2.19. The van der Waals surface area contributed by atoms with Crippen LogP contribution >= 0.6 is 11.6 Å². The highest BCUT2D eigenvalue weighted by Gasteiger charge is 2.63. The molecule has 0 radical (unpaired) electrons. The molecule has 0 aliphatic rings. The molecule has 3 N–H and O–H groups in total. The number of rotatable bonds is 2. The van der Waals surface area contributed by atoms with E-state index in [2.05, 4.69) is 0 Å². The van der Waals surface area contributed by atoms with Crippen LogP contribution < -0.4 is 11.1 Å². The van der Waals surface area contributed by atoms with Crippen molar-refractivity contribution in [2.24, 2.45) is 0 Å². The summed E-state index contributed by atoms with van der Waals surface area (Å²) in [6.07, 6.45) is -5.98. The molecule has 0 fully saturated rings. The van der Waals surface area contributed by atoms with Gasteiger partial charge in [0.15, 0.2) is 0 Å². The summed E-state index contributed by atoms with van der Waals surface area (Å²) in [7, 11) is 0. The van der Waals surface area contributed by atoms with E-state index in [0.29, 0.717) is 0 Å². The lowest BCUT2D eigenvalue weighted by atomic mass is 10.2. The van der Waals surface area contributed by atoms with Crippen molar-refractivity contribution in [3.8, 4) is 0 Å². The number of nitrogen functional groups attached to an aromatic ring is 1. The molecule has 0 saturated heterocycles. The van der Waals surface area contributed by atoms with Crippen molar-refractivity contribution in [3.05, 3.63) is 23.2 Å². The van der Waals surface area contributed by atoms with Crippen LogP contribution in [0, 0.1) is 0 Å². The van der Waals surface area contributed by atoms with Gasteiger partial charge in [-0.2, -0.15) is 22.0 Å². The topological polar surface area (TPSA) is 55.1 Å². The zero-order valence-corrected chi connectivity index (χ0v) is 9.24. The summed E-state index contributed by atoms with van der Waals surface area (Å²) >= 11 is 5.51. The van der Waals surface area contributed by atoms with E-state index in [1.54, 1.807) is 0 Å². The highest BCUT2D eigenvalue weighted by atomic mass is 35.5. The first-order chi connectivity index (χ1) is 8.05. The van der Waals surface area contributed by atoms with Crippen LogP contribution in [-0.4, -0.2) is 18.0 Å². The average Bonchev–Trinajstić information content (AvgIpc) is 2.21. The Hall–Kier alpha value is -1.57. The number of carbonyl (C=O) groups is 1. The van der Waals surface area contributed by atoms with E-state index in [4.69, 9.17) is 17.3 Å². The highest BCUT2D eigenvalue weighted by molar-refractivity contribution is 6.33. The molecule has 0 aliphatic carbocycles. The zero-order chi connectivity index (χ0) is 14.1. The van der Waals surface area contributed by atoms with Gasteiger partial charge in [-0.15, -0.1) is 0 Å². The standard InChI is InChI=1S/C9H6ClF5N2O/c10-5-2-1-4(16)3-6(5)17-7(18)8(11,12)9(13,14)15/h1-3H,16H2,(H,17,18). The Labute approximate surface area is 103 Å². The molecule has 0 aromatic heterocycles. The summed E-state index contributed by atoms with van der Waals surface area (Å²) in [5.41, 5.74) is 4.90. The number of halogens is 6. The fraction of sp³-hybridized carbons (Fsp3) is 0.222. The summed E-state index contributed by atoms with van der Waals surface area (Å²) in [6.45, 7) is 0. The lowest BCUT2D eigenvalue weighted by molar-refractivity contribution is -0.267. The van der Waals surface area contributed by atoms with E-state index in [1.165, 1.54) is 11.4 Å². The van der Waals surface area contributed by atoms with Crippen molar-refractivity contribution in [1.29, 1.82) is 0 Å². The van der Waals surface area contributed by atoms with E-state index < -0.39 is 23.7 Å². The maximum atomic E-state index is 12.6. The van der Waals surface area contributed by atoms with Gasteiger partial charge >= 0.3 is 18.0 Å². The quantitative estimate of drug-likeness (QED) is 0.649. The van der Waals surface area contributed by atoms with Crippen LogP contribution in [0.5, 0.6) is 0 Å². The van der Waals surface area contributed by atoms with Gasteiger partial charge in [0.1, 0.15) is 0 Å². The number of nitrogens with two attached hydrogens (primary N) is 1. The van der Waals surface area contributed by atoms with Crippen LogP contribution in [0.25, 0.3) is 0 Å². The Kier molecular flexibility index (Phi) is 3.70. The van der Waals surface area contributed by atoms with Gasteiger partial charge in [0.25, 0.3) is 0 Å². The maximum absolute atomic E-state index is 12.6. The van der Waals surface area contributed by atoms with Crippen LogP contribution in [0.4, 0.5) is 33.3 Å². The third-order valence-corrected chi connectivity index (χ3v) is 2.21. The molecule has 0 unspecified atom stereocenters. The number of hydrogen-bond donors (Lipinski definition) is 2. The SMILES string of the molecule is Nc1ccc(Cl)c(NC(=O)C(F)(F)C(F)(F)F)c1. The molecule has 1 aromatic carbocycles. The minimum atomic E-state index is -5.98. The van der Waals surface area contributed by atoms with Crippen molar-refractivity contribution in [1.82, 2.24) is 0 Å². The molecule has 3 nitrogen and oxygen atoms in total. The number of carbonyl (C=O) groups excluding carboxylic acids is 1. The molecule has 1 aromatic rings. The van der Waals surface area contributed by atoms with Crippen LogP contribution in [-0.2, 0) is 4.79 Å². The number of hydrogen-bond acceptors (Lipinski definition) is 2. The molecule has 1 rings (SSSR count). The Morgan fingerprint density at radius 1 is 1.22 bits per heavy atom. The molecule has 1 amide bonds. The maximum Gasteiger partial charge on any atom is 0.463 e. The summed E-state index contributed by atoms with van der Waals surface area (Å²) in [4.78, 5) is 10.9. The number of amides is 1. The van der Waals surface area contributed by atoms with Gasteiger partial charge in [0.2, 0.25) is 0 Å². The van der Waals surface area contributed by atoms with Gasteiger partial charge in [0.05, 0.1) is 10.7 Å². The van der Waals surface area contributed by atoms with Crippen molar-refractivity contribution < 1.29 is 26.7 Å². The molecule has 18 heavy (non-hydrogen) atoms. The zero-order valence-electron chi connectivity index (χ0n) is 8.49. The molecular formula is C9H6ClF5N2O. The van der Waals surface area contributed by atoms with E-state index >= 15 is 0 Å². The van der Waals surface area contributed by atoms with Gasteiger partial charge < -0.3 is 11.1 Å². The molecule has 0 heterocycles. The predicted molar refractivity (Wildman–Crippen MR) is 55.5 cm³/mol. The molecule has 9 heteroatoms. The van der Waals surface area contributed by atoms with Gasteiger partial charge in [0, 0.05) is 5.69 Å². The van der Waals surface area contributed by atoms with Gasteiger partial charge in [-0.05, 0) is 18.2 Å². The summed E-state index contributed by atoms with van der Waals surface area (Å²) in [6, 6.07) is 3.41. The second kappa shape index (κ2) is 4.60. The van der Waals surface area contributed by atoms with Crippen LogP contribution in [0.15, 0.2) is 18.2 Å². The first-order valence-corrected chi connectivity index (χ1v) is 4.74. The van der Waals surface area contributed by atoms with E-state index in [1.807, 2.05) is 0 Å². The number of alkyl halides is 5. The first kappa shape index (κ1) is 14.5. The molecular weight excluding hydrogens is 283 g/mol. The number of anilines is 2. The minimum Gasteiger partial charge on any atom is -0.399 e. The van der Waals surface area contributed by atoms with E-state index in [9.17, 15) is 26.7 Å². The Balaban J connectivity index is 2.98. The van der Waals surface area contributed by atoms with Crippen LogP contribution in [0.3, 0.4) is 0 Å². The van der Waals surface area contributed by atoms with Gasteiger partial charge in [-0.25, -0.2) is 0 Å². The van der Waals surface area contributed by atoms with Crippen molar-refractivity contribution in [2.45, 2.75) is 12.1 Å². The molecule has 100 valence electrons. The van der Waals surface area contributed by atoms with E-state index in [-0.39, 0.29) is 10.7 Å². The summed E-state index contributed by atoms with van der Waals surface area (Å²) in [5, 5.41) is 1.16. The summed E-state index contributed by atoms with van der Waals surface area (Å²) < 4.78 is 61.0. The monoisotopic (exact) mass is 288 g/mol. The Morgan fingerprint density at radius 3 is 2.28 bits per heavy atom. The minimum absolute atomic E-state index is 0.0463. The van der Waals surface area contributed by atoms with Crippen LogP contribution in [0.1, 0.15) is 0 Å². The van der Waals surface area contributed by atoms with Crippen LogP contribution in [0.2, 0.25) is 5.02 Å². The third kappa shape index (κ3) is 2.81. The molecule has 0 atom stereocenters. The van der Waals surface area contributed by atoms with Gasteiger partial charge in [-0.1, -0.05) is 11.6 Å². The third-order valence-electron chi connectivity index (χ3n) is 1.88. The normalized spacial score (nSPS) is 12.3. The summed E-state index contributed by atoms with van der Waals surface area (Å²) in [5.74, 6) is -8.04. The van der Waals surface area contributed by atoms with E-state index in [0.717, 1.165) is 12.1 Å². The molecule has 0 aliphatic heterocycles.